The number of aromatic carboxylic acids is 1. The van der Waals surface area contributed by atoms with Crippen molar-refractivity contribution in [3.8, 4) is 17.2 Å². The first-order valence-electron chi connectivity index (χ1n) is 7.08. The van der Waals surface area contributed by atoms with Crippen LogP contribution in [0, 0.1) is 0 Å². The van der Waals surface area contributed by atoms with Gasteiger partial charge >= 0.3 is 5.97 Å². The molecule has 24 heavy (non-hydrogen) atoms. The molecule has 7 nitrogen and oxygen atoms in total. The first kappa shape index (κ1) is 17.1. The van der Waals surface area contributed by atoms with Crippen molar-refractivity contribution in [3.05, 3.63) is 48.0 Å². The number of amides is 1. The van der Waals surface area contributed by atoms with Crippen molar-refractivity contribution in [3.63, 3.8) is 0 Å². The number of hydrogen-bond acceptors (Lipinski definition) is 5. The van der Waals surface area contributed by atoms with E-state index in [0.29, 0.717) is 11.5 Å². The van der Waals surface area contributed by atoms with Gasteiger partial charge in [-0.2, -0.15) is 0 Å². The lowest BCUT2D eigenvalue weighted by Gasteiger charge is -2.15. The highest BCUT2D eigenvalue weighted by molar-refractivity contribution is 5.97. The number of hydrogen-bond donors (Lipinski definition) is 3. The molecule has 0 aliphatic heterocycles. The first-order valence-corrected chi connectivity index (χ1v) is 7.08. The van der Waals surface area contributed by atoms with Gasteiger partial charge in [0.05, 0.1) is 18.4 Å². The number of carbonyl (C=O) groups excluding carboxylic acids is 1. The van der Waals surface area contributed by atoms with Crippen molar-refractivity contribution in [2.45, 2.75) is 13.0 Å². The van der Waals surface area contributed by atoms with Gasteiger partial charge in [-0.3, -0.25) is 4.79 Å². The largest absolute Gasteiger partial charge is 0.506 e. The summed E-state index contributed by atoms with van der Waals surface area (Å²) in [5.74, 6) is -0.779. The Kier molecular flexibility index (Phi) is 5.26. The summed E-state index contributed by atoms with van der Waals surface area (Å²) in [5.41, 5.74) is -0.0445. The third-order valence-corrected chi connectivity index (χ3v) is 3.24. The number of carbonyl (C=O) groups is 2. The summed E-state index contributed by atoms with van der Waals surface area (Å²) in [7, 11) is 1.55. The topological polar surface area (TPSA) is 105 Å². The minimum Gasteiger partial charge on any atom is -0.506 e. The third-order valence-electron chi connectivity index (χ3n) is 3.24. The maximum atomic E-state index is 12.2. The van der Waals surface area contributed by atoms with E-state index in [-0.39, 0.29) is 17.0 Å². The van der Waals surface area contributed by atoms with Crippen LogP contribution in [0.4, 0.5) is 5.69 Å². The van der Waals surface area contributed by atoms with E-state index in [4.69, 9.17) is 14.6 Å². The summed E-state index contributed by atoms with van der Waals surface area (Å²) in [6, 6.07) is 10.3. The number of carboxylic acids is 1. The summed E-state index contributed by atoms with van der Waals surface area (Å²) >= 11 is 0. The van der Waals surface area contributed by atoms with Crippen molar-refractivity contribution in [1.82, 2.24) is 0 Å². The quantitative estimate of drug-likeness (QED) is 0.703. The fraction of sp³-hybridized carbons (Fsp3) is 0.176. The Morgan fingerprint density at radius 1 is 1.08 bits per heavy atom. The number of phenols is 1. The van der Waals surface area contributed by atoms with E-state index in [1.54, 1.807) is 31.4 Å². The summed E-state index contributed by atoms with van der Waals surface area (Å²) in [6.07, 6.45) is -0.855. The molecular formula is C17H17NO6. The second-order valence-corrected chi connectivity index (χ2v) is 4.96. The predicted molar refractivity (Wildman–Crippen MR) is 86.8 cm³/mol. The monoisotopic (exact) mass is 331 g/mol. The normalized spacial score (nSPS) is 11.4. The molecule has 1 unspecified atom stereocenters. The molecule has 1 amide bonds. The van der Waals surface area contributed by atoms with Crippen LogP contribution in [0.3, 0.4) is 0 Å². The average molecular weight is 331 g/mol. The second-order valence-electron chi connectivity index (χ2n) is 4.96. The maximum absolute atomic E-state index is 12.2. The third kappa shape index (κ3) is 4.16. The van der Waals surface area contributed by atoms with Crippen molar-refractivity contribution in [1.29, 1.82) is 0 Å². The van der Waals surface area contributed by atoms with E-state index in [2.05, 4.69) is 5.32 Å². The number of ether oxygens (including phenoxy) is 2. The van der Waals surface area contributed by atoms with Gasteiger partial charge in [-0.1, -0.05) is 0 Å². The number of carboxylic acid groups (broad SMARTS) is 1. The van der Waals surface area contributed by atoms with Gasteiger partial charge < -0.3 is 25.0 Å². The Hall–Kier alpha value is -3.22. The van der Waals surface area contributed by atoms with Crippen LogP contribution in [0.5, 0.6) is 17.2 Å². The molecule has 126 valence electrons. The highest BCUT2D eigenvalue weighted by atomic mass is 16.5. The molecule has 0 radical (unpaired) electrons. The molecule has 3 N–H and O–H groups in total. The molecule has 7 heteroatoms. The first-order chi connectivity index (χ1) is 11.4. The number of nitrogens with one attached hydrogen (secondary N) is 1. The van der Waals surface area contributed by atoms with Crippen LogP contribution in [0.2, 0.25) is 0 Å². The summed E-state index contributed by atoms with van der Waals surface area (Å²) in [6.45, 7) is 1.54. The van der Waals surface area contributed by atoms with Crippen LogP contribution in [-0.2, 0) is 4.79 Å². The lowest BCUT2D eigenvalue weighted by atomic mass is 10.2. The highest BCUT2D eigenvalue weighted by Crippen LogP contribution is 2.25. The van der Waals surface area contributed by atoms with Gasteiger partial charge in [0.1, 0.15) is 17.2 Å². The zero-order chi connectivity index (χ0) is 17.7. The number of benzene rings is 2. The van der Waals surface area contributed by atoms with Crippen LogP contribution in [0.1, 0.15) is 17.3 Å². The van der Waals surface area contributed by atoms with Crippen LogP contribution >= 0.6 is 0 Å². The van der Waals surface area contributed by atoms with Crippen molar-refractivity contribution < 1.29 is 29.3 Å². The highest BCUT2D eigenvalue weighted by Gasteiger charge is 2.17. The van der Waals surface area contributed by atoms with Gasteiger partial charge in [-0.15, -0.1) is 0 Å². The standard InChI is InChI=1S/C17H17NO6/c1-10(24-13-6-4-12(23-2)5-7-13)16(20)18-14-9-11(17(21)22)3-8-15(14)19/h3-10,19H,1-2H3,(H,18,20)(H,21,22). The van der Waals surface area contributed by atoms with Gasteiger partial charge in [0, 0.05) is 0 Å². The molecule has 0 aliphatic rings. The number of aromatic hydroxyl groups is 1. The van der Waals surface area contributed by atoms with Gasteiger partial charge in [-0.25, -0.2) is 4.79 Å². The maximum Gasteiger partial charge on any atom is 0.335 e. The van der Waals surface area contributed by atoms with Crippen molar-refractivity contribution >= 4 is 17.6 Å². The van der Waals surface area contributed by atoms with Crippen molar-refractivity contribution in [2.75, 3.05) is 12.4 Å². The van der Waals surface area contributed by atoms with Crippen LogP contribution in [0.25, 0.3) is 0 Å². The van der Waals surface area contributed by atoms with Crippen LogP contribution < -0.4 is 14.8 Å². The Morgan fingerprint density at radius 2 is 1.71 bits per heavy atom. The molecule has 0 aromatic heterocycles. The minimum atomic E-state index is -1.16. The molecule has 1 atom stereocenters. The van der Waals surface area contributed by atoms with Gasteiger partial charge in [0.15, 0.2) is 6.10 Å². The molecule has 0 bridgehead atoms. The molecular weight excluding hydrogens is 314 g/mol. The molecule has 2 rings (SSSR count). The van der Waals surface area contributed by atoms with E-state index >= 15 is 0 Å². The van der Waals surface area contributed by atoms with Crippen LogP contribution in [0.15, 0.2) is 42.5 Å². The fourth-order valence-corrected chi connectivity index (χ4v) is 1.92. The smallest absolute Gasteiger partial charge is 0.335 e. The second kappa shape index (κ2) is 7.36. The molecule has 0 aliphatic carbocycles. The fourth-order valence-electron chi connectivity index (χ4n) is 1.92. The predicted octanol–water partition coefficient (Wildman–Crippen LogP) is 2.50. The summed E-state index contributed by atoms with van der Waals surface area (Å²) < 4.78 is 10.5. The molecule has 0 saturated heterocycles. The lowest BCUT2D eigenvalue weighted by molar-refractivity contribution is -0.122. The zero-order valence-electron chi connectivity index (χ0n) is 13.1. The SMILES string of the molecule is COc1ccc(OC(C)C(=O)Nc2cc(C(=O)O)ccc2O)cc1. The molecule has 0 spiro atoms. The van der Waals surface area contributed by atoms with Gasteiger partial charge in [-0.05, 0) is 49.4 Å². The molecule has 0 fully saturated rings. The minimum absolute atomic E-state index is 0.00470. The van der Waals surface area contributed by atoms with E-state index in [9.17, 15) is 14.7 Å². The number of phenolic OH excluding ortho intramolecular Hbond substituents is 1. The Bertz CT molecular complexity index is 741. The number of anilines is 1. The van der Waals surface area contributed by atoms with E-state index in [1.165, 1.54) is 25.1 Å². The van der Waals surface area contributed by atoms with Gasteiger partial charge in [0.2, 0.25) is 0 Å². The number of rotatable bonds is 6. The molecule has 2 aromatic carbocycles. The van der Waals surface area contributed by atoms with E-state index < -0.39 is 18.0 Å². The summed E-state index contributed by atoms with van der Waals surface area (Å²) in [5, 5.41) is 21.1. The molecule has 0 saturated carbocycles. The van der Waals surface area contributed by atoms with Gasteiger partial charge in [0.25, 0.3) is 5.91 Å². The lowest BCUT2D eigenvalue weighted by Crippen LogP contribution is -2.30. The Morgan fingerprint density at radius 3 is 2.29 bits per heavy atom. The zero-order valence-corrected chi connectivity index (χ0v) is 13.1. The van der Waals surface area contributed by atoms with Crippen LogP contribution in [-0.4, -0.2) is 35.3 Å². The summed E-state index contributed by atoms with van der Waals surface area (Å²) in [4.78, 5) is 23.1. The number of methoxy groups -OCH3 is 1. The van der Waals surface area contributed by atoms with Crippen molar-refractivity contribution in [2.24, 2.45) is 0 Å². The molecule has 0 heterocycles. The van der Waals surface area contributed by atoms with E-state index in [0.717, 1.165) is 0 Å². The molecule has 2 aromatic rings. The Balaban J connectivity index is 2.05. The van der Waals surface area contributed by atoms with E-state index in [1.807, 2.05) is 0 Å². The Labute approximate surface area is 138 Å². The average Bonchev–Trinajstić information content (AvgIpc) is 2.57.